The molecular formula is C8H7ClNO2. The van der Waals surface area contributed by atoms with Crippen LogP contribution in [0.5, 0.6) is 0 Å². The molecule has 1 radical (unpaired) electrons. The van der Waals surface area contributed by atoms with Crippen LogP contribution in [-0.4, -0.2) is 4.92 Å². The second kappa shape index (κ2) is 3.11. The minimum absolute atomic E-state index is 0.0596. The van der Waals surface area contributed by atoms with Gasteiger partial charge in [-0.2, -0.15) is 0 Å². The van der Waals surface area contributed by atoms with Crippen molar-refractivity contribution in [2.45, 2.75) is 6.92 Å². The fraction of sp³-hybridized carbons (Fsp3) is 0.125. The largest absolute Gasteiger partial charge is 0.272 e. The molecule has 0 N–H and O–H groups in total. The molecule has 0 amide bonds. The van der Waals surface area contributed by atoms with Crippen molar-refractivity contribution in [2.75, 3.05) is 0 Å². The number of nitrogens with zero attached hydrogens (tertiary/aromatic N) is 1. The zero-order valence-corrected chi connectivity index (χ0v) is 7.26. The summed E-state index contributed by atoms with van der Waals surface area (Å²) in [4.78, 5) is 9.98. The van der Waals surface area contributed by atoms with Crippen LogP contribution in [0.15, 0.2) is 12.1 Å². The predicted molar refractivity (Wildman–Crippen MR) is 47.3 cm³/mol. The van der Waals surface area contributed by atoms with Crippen LogP contribution in [0.1, 0.15) is 11.1 Å². The Morgan fingerprint density at radius 3 is 2.67 bits per heavy atom. The van der Waals surface area contributed by atoms with Crippen molar-refractivity contribution < 1.29 is 4.92 Å². The first-order chi connectivity index (χ1) is 5.54. The molecule has 0 aromatic heterocycles. The number of rotatable bonds is 1. The van der Waals surface area contributed by atoms with Crippen LogP contribution in [0, 0.1) is 24.0 Å². The van der Waals surface area contributed by atoms with Crippen LogP contribution in [-0.2, 0) is 0 Å². The molecule has 63 valence electrons. The van der Waals surface area contributed by atoms with Gasteiger partial charge in [-0.3, -0.25) is 10.1 Å². The molecule has 0 fully saturated rings. The van der Waals surface area contributed by atoms with Gasteiger partial charge in [0, 0.05) is 16.7 Å². The SMILES string of the molecule is [CH2]c1c(Cl)ccc([N+](=O)[O-])c1C. The highest BCUT2D eigenvalue weighted by Crippen LogP contribution is 2.26. The average Bonchev–Trinajstić information content (AvgIpc) is 2.00. The maximum absolute atomic E-state index is 10.4. The topological polar surface area (TPSA) is 43.1 Å². The van der Waals surface area contributed by atoms with Crippen molar-refractivity contribution in [1.29, 1.82) is 0 Å². The molecule has 0 saturated carbocycles. The van der Waals surface area contributed by atoms with Gasteiger partial charge < -0.3 is 0 Å². The third-order valence-electron chi connectivity index (χ3n) is 1.71. The number of halogens is 1. The summed E-state index contributed by atoms with van der Waals surface area (Å²) < 4.78 is 0. The Balaban J connectivity index is 3.36. The fourth-order valence-electron chi connectivity index (χ4n) is 0.909. The molecule has 0 unspecified atom stereocenters. The van der Waals surface area contributed by atoms with Gasteiger partial charge in [-0.25, -0.2) is 0 Å². The minimum Gasteiger partial charge on any atom is -0.258 e. The fourth-order valence-corrected chi connectivity index (χ4v) is 1.11. The van der Waals surface area contributed by atoms with E-state index in [0.717, 1.165) is 0 Å². The molecule has 0 bridgehead atoms. The lowest BCUT2D eigenvalue weighted by molar-refractivity contribution is -0.385. The predicted octanol–water partition coefficient (Wildman–Crippen LogP) is 2.74. The summed E-state index contributed by atoms with van der Waals surface area (Å²) in [7, 11) is 0. The molecule has 0 aliphatic heterocycles. The summed E-state index contributed by atoms with van der Waals surface area (Å²) in [5, 5.41) is 10.9. The first-order valence-electron chi connectivity index (χ1n) is 3.29. The number of hydrogen-bond acceptors (Lipinski definition) is 2. The Bertz CT molecular complexity index is 336. The molecule has 0 saturated heterocycles. The maximum atomic E-state index is 10.4. The Morgan fingerprint density at radius 2 is 2.17 bits per heavy atom. The zero-order valence-electron chi connectivity index (χ0n) is 6.50. The van der Waals surface area contributed by atoms with Crippen molar-refractivity contribution in [1.82, 2.24) is 0 Å². The normalized spacial score (nSPS) is 9.92. The van der Waals surface area contributed by atoms with Gasteiger partial charge in [0.2, 0.25) is 0 Å². The summed E-state index contributed by atoms with van der Waals surface area (Å²) in [5.41, 5.74) is 1.10. The van der Waals surface area contributed by atoms with Gasteiger partial charge in [0.15, 0.2) is 0 Å². The van der Waals surface area contributed by atoms with Gasteiger partial charge in [0.05, 0.1) is 4.92 Å². The van der Waals surface area contributed by atoms with Crippen molar-refractivity contribution >= 4 is 17.3 Å². The van der Waals surface area contributed by atoms with Crippen LogP contribution in [0.3, 0.4) is 0 Å². The van der Waals surface area contributed by atoms with Crippen molar-refractivity contribution in [3.8, 4) is 0 Å². The van der Waals surface area contributed by atoms with Crippen LogP contribution < -0.4 is 0 Å². The third kappa shape index (κ3) is 1.41. The van der Waals surface area contributed by atoms with E-state index in [1.54, 1.807) is 6.92 Å². The van der Waals surface area contributed by atoms with Gasteiger partial charge in [0.1, 0.15) is 0 Å². The molecule has 0 atom stereocenters. The molecule has 0 heterocycles. The first kappa shape index (κ1) is 9.00. The number of nitro benzene ring substituents is 1. The van der Waals surface area contributed by atoms with Gasteiger partial charge in [-0.15, -0.1) is 0 Å². The van der Waals surface area contributed by atoms with Gasteiger partial charge in [-0.05, 0) is 25.5 Å². The van der Waals surface area contributed by atoms with Crippen LogP contribution in [0.25, 0.3) is 0 Å². The molecule has 3 nitrogen and oxygen atoms in total. The molecular weight excluding hydrogens is 178 g/mol. The first-order valence-corrected chi connectivity index (χ1v) is 3.67. The molecule has 1 rings (SSSR count). The van der Waals surface area contributed by atoms with Crippen LogP contribution >= 0.6 is 11.6 Å². The van der Waals surface area contributed by atoms with E-state index in [4.69, 9.17) is 11.6 Å². The molecule has 0 spiro atoms. The lowest BCUT2D eigenvalue weighted by Gasteiger charge is -2.02. The molecule has 1 aromatic carbocycles. The second-order valence-electron chi connectivity index (χ2n) is 2.43. The smallest absolute Gasteiger partial charge is 0.258 e. The Labute approximate surface area is 75.1 Å². The monoisotopic (exact) mass is 184 g/mol. The van der Waals surface area contributed by atoms with E-state index < -0.39 is 4.92 Å². The highest BCUT2D eigenvalue weighted by Gasteiger charge is 2.13. The lowest BCUT2D eigenvalue weighted by Crippen LogP contribution is -1.93. The molecule has 0 aliphatic carbocycles. The van der Waals surface area contributed by atoms with Crippen molar-refractivity contribution in [3.05, 3.63) is 45.3 Å². The maximum Gasteiger partial charge on any atom is 0.272 e. The molecule has 1 aromatic rings. The lowest BCUT2D eigenvalue weighted by atomic mass is 10.1. The summed E-state index contributed by atoms with van der Waals surface area (Å²) in [5.74, 6) is 0. The second-order valence-corrected chi connectivity index (χ2v) is 2.83. The van der Waals surface area contributed by atoms with E-state index in [2.05, 4.69) is 6.92 Å². The summed E-state index contributed by atoms with van der Waals surface area (Å²) in [6, 6.07) is 2.86. The van der Waals surface area contributed by atoms with Crippen molar-refractivity contribution in [2.24, 2.45) is 0 Å². The summed E-state index contributed by atoms with van der Waals surface area (Å²) >= 11 is 5.71. The molecule has 4 heteroatoms. The van der Waals surface area contributed by atoms with Gasteiger partial charge >= 0.3 is 0 Å². The van der Waals surface area contributed by atoms with E-state index in [1.165, 1.54) is 12.1 Å². The summed E-state index contributed by atoms with van der Waals surface area (Å²) in [6.07, 6.45) is 0. The molecule has 0 aliphatic rings. The number of nitro groups is 1. The third-order valence-corrected chi connectivity index (χ3v) is 2.06. The minimum atomic E-state index is -0.444. The van der Waals surface area contributed by atoms with Crippen LogP contribution in [0.2, 0.25) is 5.02 Å². The quantitative estimate of drug-likeness (QED) is 0.498. The Kier molecular flexibility index (Phi) is 2.33. The van der Waals surface area contributed by atoms with Gasteiger partial charge in [-0.1, -0.05) is 11.6 Å². The van der Waals surface area contributed by atoms with E-state index in [1.807, 2.05) is 0 Å². The van der Waals surface area contributed by atoms with Gasteiger partial charge in [0.25, 0.3) is 5.69 Å². The number of hydrogen-bond donors (Lipinski definition) is 0. The number of benzene rings is 1. The van der Waals surface area contributed by atoms with E-state index >= 15 is 0 Å². The molecule has 12 heavy (non-hydrogen) atoms. The van der Waals surface area contributed by atoms with Crippen LogP contribution in [0.4, 0.5) is 5.69 Å². The Hall–Kier alpha value is -1.09. The van der Waals surface area contributed by atoms with E-state index in [9.17, 15) is 10.1 Å². The highest BCUT2D eigenvalue weighted by molar-refractivity contribution is 6.31. The summed E-state index contributed by atoms with van der Waals surface area (Å²) in [6.45, 7) is 5.26. The zero-order chi connectivity index (χ0) is 9.30. The standard InChI is InChI=1S/C8H7ClNO2/c1-5-6(2)8(10(11)12)4-3-7(5)9/h3-4H,1H2,2H3. The van der Waals surface area contributed by atoms with E-state index in [0.29, 0.717) is 16.1 Å². The highest BCUT2D eigenvalue weighted by atomic mass is 35.5. The van der Waals surface area contributed by atoms with E-state index in [-0.39, 0.29) is 5.69 Å². The average molecular weight is 185 g/mol. The Morgan fingerprint density at radius 1 is 1.58 bits per heavy atom. The van der Waals surface area contributed by atoms with Crippen molar-refractivity contribution in [3.63, 3.8) is 0 Å².